The molecule has 7 nitrogen and oxygen atoms in total. The SMILES string of the molecule is CC(C)C1=C2C3CCC4[C@@]5(C)CC=C(C6=CC[C@@H](C(=O)O)CC6)C(C)(C)C5CC[C@@]4(C)[C@]3(C)CC[C@@]2(C(=O)NCCN(CCN(C)C)Cc2ccc(Cl)cc2)CC1=O. The Bertz CT molecular complexity index is 1880. The first-order valence-electron chi connectivity index (χ1n) is 22.6. The molecule has 3 saturated carbocycles. The van der Waals surface area contributed by atoms with Gasteiger partial charge in [0.2, 0.25) is 5.91 Å². The molecule has 0 aromatic heterocycles. The Hall–Kier alpha value is -2.74. The summed E-state index contributed by atoms with van der Waals surface area (Å²) in [6.07, 6.45) is 14.6. The number of carbonyl (C=O) groups is 3. The summed E-state index contributed by atoms with van der Waals surface area (Å²) >= 11 is 6.19. The van der Waals surface area contributed by atoms with Gasteiger partial charge < -0.3 is 15.3 Å². The van der Waals surface area contributed by atoms with Gasteiger partial charge in [0, 0.05) is 44.2 Å². The van der Waals surface area contributed by atoms with Crippen molar-refractivity contribution in [1.82, 2.24) is 15.1 Å². The summed E-state index contributed by atoms with van der Waals surface area (Å²) in [5.74, 6) is 0.721. The third kappa shape index (κ3) is 7.19. The Morgan fingerprint density at radius 3 is 2.26 bits per heavy atom. The van der Waals surface area contributed by atoms with Gasteiger partial charge in [-0.15, -0.1) is 0 Å². The zero-order valence-electron chi connectivity index (χ0n) is 37.1. The second-order valence-electron chi connectivity index (χ2n) is 21.3. The molecule has 6 aliphatic carbocycles. The molecule has 0 spiro atoms. The highest BCUT2D eigenvalue weighted by molar-refractivity contribution is 6.30. The minimum Gasteiger partial charge on any atom is -0.481 e. The summed E-state index contributed by atoms with van der Waals surface area (Å²) in [5, 5.41) is 13.8. The fourth-order valence-corrected chi connectivity index (χ4v) is 14.4. The fraction of sp³-hybridized carbons (Fsp3) is 0.700. The number of aliphatic carboxylic acids is 1. The van der Waals surface area contributed by atoms with Crippen molar-refractivity contribution in [1.29, 1.82) is 0 Å². The number of ketones is 1. The number of benzene rings is 1. The van der Waals surface area contributed by atoms with Crippen LogP contribution in [0.4, 0.5) is 0 Å². The van der Waals surface area contributed by atoms with Crippen molar-refractivity contribution in [2.75, 3.05) is 40.3 Å². The first kappa shape index (κ1) is 43.4. The maximum Gasteiger partial charge on any atom is 0.306 e. The van der Waals surface area contributed by atoms with E-state index in [2.05, 4.69) is 102 Å². The van der Waals surface area contributed by atoms with Gasteiger partial charge in [0.05, 0.1) is 11.3 Å². The average Bonchev–Trinajstić information content (AvgIpc) is 3.48. The summed E-state index contributed by atoms with van der Waals surface area (Å²) in [6.45, 7) is 20.9. The minimum atomic E-state index is -0.756. The molecule has 318 valence electrons. The van der Waals surface area contributed by atoms with Crippen molar-refractivity contribution in [3.8, 4) is 0 Å². The standard InChI is InChI=1S/C50H72ClN3O4/c1-32(2)42-39(55)30-50(45(58)52-26-27-54(29-28-53(8)9)31-33-10-16-36(51)17-11-33)25-24-48(6)38(43(42)50)18-19-41-47(5)22-20-37(34-12-14-35(15-13-34)44(56)57)46(3,4)40(47)21-23-49(41,48)7/h10-12,16-17,20,32,35,38,40-41H,13-15,18-19,21-31H2,1-9H3,(H,52,58)(H,56,57)/t35-,38?,40?,41?,47+,48-,49-,50-/m1/s1. The molecule has 1 amide bonds. The maximum absolute atomic E-state index is 14.8. The van der Waals surface area contributed by atoms with Crippen molar-refractivity contribution in [3.05, 3.63) is 69.3 Å². The highest BCUT2D eigenvalue weighted by Crippen LogP contribution is 2.76. The number of allylic oxidation sites excluding steroid dienone is 5. The van der Waals surface area contributed by atoms with Crippen LogP contribution in [-0.2, 0) is 20.9 Å². The predicted octanol–water partition coefficient (Wildman–Crippen LogP) is 10.1. The van der Waals surface area contributed by atoms with E-state index in [4.69, 9.17) is 11.6 Å². The Morgan fingerprint density at radius 2 is 1.62 bits per heavy atom. The maximum atomic E-state index is 14.8. The van der Waals surface area contributed by atoms with Crippen LogP contribution in [0.5, 0.6) is 0 Å². The molecule has 7 rings (SSSR count). The van der Waals surface area contributed by atoms with Crippen molar-refractivity contribution in [2.24, 2.45) is 56.7 Å². The number of likely N-dealkylation sites (N-methyl/N-ethyl adjacent to an activating group) is 1. The summed E-state index contributed by atoms with van der Waals surface area (Å²) < 4.78 is 0. The van der Waals surface area contributed by atoms with Crippen molar-refractivity contribution < 1.29 is 19.5 Å². The minimum absolute atomic E-state index is 0.00978. The zero-order valence-corrected chi connectivity index (χ0v) is 37.9. The molecule has 2 N–H and O–H groups in total. The summed E-state index contributed by atoms with van der Waals surface area (Å²) in [6, 6.07) is 8.04. The van der Waals surface area contributed by atoms with Crippen molar-refractivity contribution in [2.45, 2.75) is 126 Å². The second kappa shape index (κ2) is 15.9. The number of carboxylic acid groups (broad SMARTS) is 1. The van der Waals surface area contributed by atoms with E-state index in [1.165, 1.54) is 28.7 Å². The Morgan fingerprint density at radius 1 is 0.897 bits per heavy atom. The lowest BCUT2D eigenvalue weighted by Crippen LogP contribution is -2.64. The van der Waals surface area contributed by atoms with Crippen LogP contribution < -0.4 is 5.32 Å². The number of nitrogens with one attached hydrogen (secondary N) is 1. The number of fused-ring (bicyclic) bond motifs is 7. The van der Waals surface area contributed by atoms with Gasteiger partial charge in [-0.2, -0.15) is 0 Å². The lowest BCUT2D eigenvalue weighted by atomic mass is 9.33. The molecule has 0 heterocycles. The molecule has 8 atom stereocenters. The first-order chi connectivity index (χ1) is 27.3. The van der Waals surface area contributed by atoms with E-state index in [9.17, 15) is 19.5 Å². The second-order valence-corrected chi connectivity index (χ2v) is 21.8. The van der Waals surface area contributed by atoms with Crippen LogP contribution in [-0.4, -0.2) is 72.8 Å². The smallest absolute Gasteiger partial charge is 0.306 e. The van der Waals surface area contributed by atoms with Crippen LogP contribution in [0.2, 0.25) is 5.02 Å². The van der Waals surface area contributed by atoms with E-state index in [0.29, 0.717) is 31.2 Å². The Kier molecular flexibility index (Phi) is 11.9. The summed E-state index contributed by atoms with van der Waals surface area (Å²) in [5.41, 5.74) is 5.70. The van der Waals surface area contributed by atoms with Gasteiger partial charge >= 0.3 is 5.97 Å². The summed E-state index contributed by atoms with van der Waals surface area (Å²) in [7, 11) is 4.18. The molecule has 8 heteroatoms. The van der Waals surface area contributed by atoms with E-state index in [0.717, 1.165) is 88.1 Å². The van der Waals surface area contributed by atoms with Crippen LogP contribution in [0.1, 0.15) is 125 Å². The molecule has 3 fully saturated rings. The van der Waals surface area contributed by atoms with Gasteiger partial charge in [-0.25, -0.2) is 0 Å². The zero-order chi connectivity index (χ0) is 42.0. The van der Waals surface area contributed by atoms with E-state index >= 15 is 0 Å². The Labute approximate surface area is 354 Å². The molecule has 0 saturated heterocycles. The molecule has 0 radical (unpaired) electrons. The summed E-state index contributed by atoms with van der Waals surface area (Å²) in [4.78, 5) is 45.4. The van der Waals surface area contributed by atoms with E-state index in [-0.39, 0.29) is 51.1 Å². The van der Waals surface area contributed by atoms with Gasteiger partial charge in [-0.1, -0.05) is 84.4 Å². The van der Waals surface area contributed by atoms with Crippen LogP contribution in [0.25, 0.3) is 0 Å². The van der Waals surface area contributed by atoms with Crippen molar-refractivity contribution >= 4 is 29.3 Å². The molecule has 6 aliphatic rings. The number of hydrogen-bond donors (Lipinski definition) is 2. The highest BCUT2D eigenvalue weighted by atomic mass is 35.5. The average molecular weight is 815 g/mol. The number of rotatable bonds is 12. The largest absolute Gasteiger partial charge is 0.481 e. The van der Waals surface area contributed by atoms with Gasteiger partial charge in [0.1, 0.15) is 0 Å². The van der Waals surface area contributed by atoms with Crippen LogP contribution in [0.15, 0.2) is 58.7 Å². The van der Waals surface area contributed by atoms with E-state index < -0.39 is 11.4 Å². The number of carboxylic acids is 1. The van der Waals surface area contributed by atoms with Crippen LogP contribution in [0, 0.1) is 56.7 Å². The molecular weight excluding hydrogens is 742 g/mol. The quantitative estimate of drug-likeness (QED) is 0.219. The number of nitrogens with zero attached hydrogens (tertiary/aromatic N) is 2. The van der Waals surface area contributed by atoms with Gasteiger partial charge in [0.15, 0.2) is 5.78 Å². The topological polar surface area (TPSA) is 89.9 Å². The first-order valence-corrected chi connectivity index (χ1v) is 23.0. The molecule has 0 aliphatic heterocycles. The fourth-order valence-electron chi connectivity index (χ4n) is 14.3. The molecule has 1 aromatic carbocycles. The number of carbonyl (C=O) groups excluding carboxylic acids is 2. The normalized spacial score (nSPS) is 35.6. The van der Waals surface area contributed by atoms with Crippen LogP contribution in [0.3, 0.4) is 0 Å². The number of Topliss-reactive ketones (excluding diaryl/α,β-unsaturated/α-hetero) is 1. The number of amides is 1. The van der Waals surface area contributed by atoms with E-state index in [1.54, 1.807) is 0 Å². The van der Waals surface area contributed by atoms with Crippen LogP contribution >= 0.6 is 11.6 Å². The number of halogens is 1. The lowest BCUT2D eigenvalue weighted by Gasteiger charge is -2.71. The highest BCUT2D eigenvalue weighted by Gasteiger charge is 2.70. The van der Waals surface area contributed by atoms with Gasteiger partial charge in [-0.05, 0) is 164 Å². The van der Waals surface area contributed by atoms with E-state index in [1.807, 2.05) is 12.1 Å². The monoisotopic (exact) mass is 814 g/mol. The molecule has 1 aromatic rings. The Balaban J connectivity index is 1.13. The number of hydrogen-bond acceptors (Lipinski definition) is 5. The predicted molar refractivity (Wildman–Crippen MR) is 234 cm³/mol. The molecule has 3 unspecified atom stereocenters. The molecule has 0 bridgehead atoms. The van der Waals surface area contributed by atoms with Crippen molar-refractivity contribution in [3.63, 3.8) is 0 Å². The third-order valence-corrected chi connectivity index (χ3v) is 17.7. The molecular formula is C50H72ClN3O4. The van der Waals surface area contributed by atoms with Gasteiger partial charge in [-0.3, -0.25) is 19.3 Å². The van der Waals surface area contributed by atoms with Gasteiger partial charge in [0.25, 0.3) is 0 Å². The molecule has 58 heavy (non-hydrogen) atoms. The lowest BCUT2D eigenvalue weighted by molar-refractivity contribution is -0.199. The third-order valence-electron chi connectivity index (χ3n) is 17.4.